The van der Waals surface area contributed by atoms with E-state index in [0.29, 0.717) is 6.42 Å². The average Bonchev–Trinajstić information content (AvgIpc) is 2.20. The lowest BCUT2D eigenvalue weighted by atomic mass is 10.1. The maximum atomic E-state index is 11.7. The van der Waals surface area contributed by atoms with Crippen LogP contribution >= 0.6 is 0 Å². The van der Waals surface area contributed by atoms with Crippen LogP contribution < -0.4 is 0 Å². The van der Waals surface area contributed by atoms with E-state index in [1.54, 1.807) is 0 Å². The number of hydrogen-bond donors (Lipinski definition) is 0. The third kappa shape index (κ3) is 5.61. The molecule has 0 aromatic carbocycles. The van der Waals surface area contributed by atoms with Crippen molar-refractivity contribution in [2.75, 3.05) is 45.7 Å². The second kappa shape index (κ2) is 5.93. The van der Waals surface area contributed by atoms with Crippen molar-refractivity contribution in [1.29, 1.82) is 0 Å². The van der Waals surface area contributed by atoms with Gasteiger partial charge in [-0.25, -0.2) is 8.42 Å². The molecule has 0 bridgehead atoms. The molecule has 1 atom stereocenters. The van der Waals surface area contributed by atoms with E-state index < -0.39 is 9.84 Å². The van der Waals surface area contributed by atoms with Gasteiger partial charge in [-0.15, -0.1) is 0 Å². The average molecular weight is 262 g/mol. The van der Waals surface area contributed by atoms with Crippen LogP contribution in [0.15, 0.2) is 0 Å². The molecule has 1 aliphatic heterocycles. The largest absolute Gasteiger partial charge is 0.304 e. The summed E-state index contributed by atoms with van der Waals surface area (Å²) in [4.78, 5) is 16.1. The van der Waals surface area contributed by atoms with Gasteiger partial charge in [0.05, 0.1) is 5.75 Å². The number of nitrogens with zero attached hydrogens (tertiary/aromatic N) is 2. The lowest BCUT2D eigenvalue weighted by Crippen LogP contribution is -2.50. The first-order valence-electron chi connectivity index (χ1n) is 5.86. The van der Waals surface area contributed by atoms with E-state index in [9.17, 15) is 13.2 Å². The van der Waals surface area contributed by atoms with E-state index in [4.69, 9.17) is 0 Å². The van der Waals surface area contributed by atoms with Crippen LogP contribution in [0.2, 0.25) is 0 Å². The molecule has 100 valence electrons. The van der Waals surface area contributed by atoms with Gasteiger partial charge in [0.2, 0.25) is 0 Å². The number of hydrogen-bond acceptors (Lipinski definition) is 5. The van der Waals surface area contributed by atoms with Gasteiger partial charge < -0.3 is 9.80 Å². The molecule has 1 heterocycles. The van der Waals surface area contributed by atoms with Crippen molar-refractivity contribution in [3.05, 3.63) is 0 Å². The fraction of sp³-hybridized carbons (Fsp3) is 0.909. The maximum absolute atomic E-state index is 11.7. The number of ketones is 1. The third-order valence-electron chi connectivity index (χ3n) is 3.20. The molecule has 0 saturated carbocycles. The summed E-state index contributed by atoms with van der Waals surface area (Å²) in [6.07, 6.45) is 1.77. The zero-order valence-corrected chi connectivity index (χ0v) is 11.7. The van der Waals surface area contributed by atoms with Gasteiger partial charge in [0, 0.05) is 44.8 Å². The molecule has 0 aromatic heterocycles. The second-order valence-electron chi connectivity index (χ2n) is 5.02. The zero-order chi connectivity index (χ0) is 13.1. The Labute approximate surface area is 104 Å². The Kier molecular flexibility index (Phi) is 5.09. The van der Waals surface area contributed by atoms with Crippen molar-refractivity contribution >= 4 is 15.6 Å². The summed E-state index contributed by atoms with van der Waals surface area (Å²) in [5, 5.41) is 0. The molecular weight excluding hydrogens is 240 g/mol. The van der Waals surface area contributed by atoms with Gasteiger partial charge in [-0.1, -0.05) is 0 Å². The Hall–Kier alpha value is -0.460. The van der Waals surface area contributed by atoms with Gasteiger partial charge in [0.25, 0.3) is 0 Å². The molecule has 17 heavy (non-hydrogen) atoms. The standard InChI is InChI=1S/C11H22N2O3S/c1-12-5-6-13(2)10(9-12)8-11(14)4-7-17(3,15)16/h10H,4-9H2,1-3H3. The fourth-order valence-corrected chi connectivity index (χ4v) is 2.58. The van der Waals surface area contributed by atoms with E-state index in [2.05, 4.69) is 9.80 Å². The van der Waals surface area contributed by atoms with Crippen molar-refractivity contribution in [3.8, 4) is 0 Å². The Morgan fingerprint density at radius 2 is 1.94 bits per heavy atom. The maximum Gasteiger partial charge on any atom is 0.147 e. The van der Waals surface area contributed by atoms with Crippen molar-refractivity contribution in [2.24, 2.45) is 0 Å². The molecule has 1 rings (SSSR count). The van der Waals surface area contributed by atoms with Crippen molar-refractivity contribution in [3.63, 3.8) is 0 Å². The Bertz CT molecular complexity index is 367. The summed E-state index contributed by atoms with van der Waals surface area (Å²) >= 11 is 0. The van der Waals surface area contributed by atoms with E-state index in [0.717, 1.165) is 19.6 Å². The molecule has 0 aromatic rings. The zero-order valence-electron chi connectivity index (χ0n) is 10.8. The highest BCUT2D eigenvalue weighted by molar-refractivity contribution is 7.90. The summed E-state index contributed by atoms with van der Waals surface area (Å²) in [6.45, 7) is 2.85. The quantitative estimate of drug-likeness (QED) is 0.676. The first kappa shape index (κ1) is 14.6. The first-order chi connectivity index (χ1) is 7.78. The van der Waals surface area contributed by atoms with Crippen LogP contribution in [0, 0.1) is 0 Å². The van der Waals surface area contributed by atoms with E-state index in [1.807, 2.05) is 14.1 Å². The van der Waals surface area contributed by atoms with Crippen LogP contribution in [0.25, 0.3) is 0 Å². The number of piperazine rings is 1. The molecule has 0 amide bonds. The number of rotatable bonds is 5. The molecule has 0 spiro atoms. The van der Waals surface area contributed by atoms with Gasteiger partial charge in [-0.3, -0.25) is 4.79 Å². The van der Waals surface area contributed by atoms with Crippen LogP contribution in [-0.4, -0.2) is 75.8 Å². The van der Waals surface area contributed by atoms with E-state index >= 15 is 0 Å². The van der Waals surface area contributed by atoms with Crippen molar-refractivity contribution < 1.29 is 13.2 Å². The van der Waals surface area contributed by atoms with Crippen LogP contribution in [-0.2, 0) is 14.6 Å². The normalized spacial score (nSPS) is 23.8. The minimum Gasteiger partial charge on any atom is -0.304 e. The van der Waals surface area contributed by atoms with Crippen LogP contribution in [0.3, 0.4) is 0 Å². The molecular formula is C11H22N2O3S. The summed E-state index contributed by atoms with van der Waals surface area (Å²) in [6, 6.07) is 0.223. The number of sulfone groups is 1. The number of Topliss-reactive ketones (excluding diaryl/α,β-unsaturated/α-hetero) is 1. The molecule has 1 fully saturated rings. The van der Waals surface area contributed by atoms with Gasteiger partial charge in [0.1, 0.15) is 15.6 Å². The Morgan fingerprint density at radius 3 is 2.53 bits per heavy atom. The smallest absolute Gasteiger partial charge is 0.147 e. The lowest BCUT2D eigenvalue weighted by Gasteiger charge is -2.37. The van der Waals surface area contributed by atoms with Crippen molar-refractivity contribution in [2.45, 2.75) is 18.9 Å². The summed E-state index contributed by atoms with van der Waals surface area (Å²) in [5.74, 6) is 0.0144. The molecule has 1 unspecified atom stereocenters. The summed E-state index contributed by atoms with van der Waals surface area (Å²) in [5.41, 5.74) is 0. The highest BCUT2D eigenvalue weighted by atomic mass is 32.2. The van der Waals surface area contributed by atoms with Gasteiger partial charge >= 0.3 is 0 Å². The van der Waals surface area contributed by atoms with Gasteiger partial charge in [-0.2, -0.15) is 0 Å². The topological polar surface area (TPSA) is 57.7 Å². The SMILES string of the molecule is CN1CCN(C)C(CC(=O)CCS(C)(=O)=O)C1. The monoisotopic (exact) mass is 262 g/mol. The highest BCUT2D eigenvalue weighted by Crippen LogP contribution is 2.11. The molecule has 5 nitrogen and oxygen atoms in total. The van der Waals surface area contributed by atoms with Crippen LogP contribution in [0.5, 0.6) is 0 Å². The molecule has 1 aliphatic rings. The molecule has 0 N–H and O–H groups in total. The van der Waals surface area contributed by atoms with Crippen molar-refractivity contribution in [1.82, 2.24) is 9.80 Å². The Morgan fingerprint density at radius 1 is 1.29 bits per heavy atom. The predicted octanol–water partition coefficient (Wildman–Crippen LogP) is -0.374. The van der Waals surface area contributed by atoms with Gasteiger partial charge in [-0.05, 0) is 14.1 Å². The van der Waals surface area contributed by atoms with E-state index in [-0.39, 0.29) is 24.0 Å². The minimum absolute atomic E-state index is 0.0297. The van der Waals surface area contributed by atoms with Crippen LogP contribution in [0.1, 0.15) is 12.8 Å². The fourth-order valence-electron chi connectivity index (χ4n) is 1.99. The van der Waals surface area contributed by atoms with E-state index in [1.165, 1.54) is 6.26 Å². The minimum atomic E-state index is -3.03. The van der Waals surface area contributed by atoms with Gasteiger partial charge in [0.15, 0.2) is 0 Å². The predicted molar refractivity (Wildman–Crippen MR) is 67.9 cm³/mol. The highest BCUT2D eigenvalue weighted by Gasteiger charge is 2.24. The molecule has 0 radical (unpaired) electrons. The number of carbonyl (C=O) groups excluding carboxylic acids is 1. The summed E-state index contributed by atoms with van der Waals surface area (Å²) < 4.78 is 21.9. The number of carbonyl (C=O) groups is 1. The number of likely N-dealkylation sites (N-methyl/N-ethyl adjacent to an activating group) is 2. The van der Waals surface area contributed by atoms with Crippen LogP contribution in [0.4, 0.5) is 0 Å². The molecule has 6 heteroatoms. The third-order valence-corrected chi connectivity index (χ3v) is 4.14. The molecule has 0 aliphatic carbocycles. The summed E-state index contributed by atoms with van der Waals surface area (Å²) in [7, 11) is 1.03. The second-order valence-corrected chi connectivity index (χ2v) is 7.28. The first-order valence-corrected chi connectivity index (χ1v) is 7.92. The Balaban J connectivity index is 2.39. The molecule has 1 saturated heterocycles. The lowest BCUT2D eigenvalue weighted by molar-refractivity contribution is -0.120.